The highest BCUT2D eigenvalue weighted by Crippen LogP contribution is 2.38. The Kier molecular flexibility index (Phi) is 5.35. The molecular weight excluding hydrogens is 470 g/mol. The van der Waals surface area contributed by atoms with E-state index < -0.39 is 0 Å². The van der Waals surface area contributed by atoms with Crippen LogP contribution in [0.15, 0.2) is 79.0 Å². The predicted molar refractivity (Wildman–Crippen MR) is 152 cm³/mol. The molecule has 0 fully saturated rings. The van der Waals surface area contributed by atoms with Crippen molar-refractivity contribution in [2.24, 2.45) is 0 Å². The van der Waals surface area contributed by atoms with Crippen molar-refractivity contribution in [2.75, 3.05) is 5.32 Å². The maximum atomic E-state index is 13.3. The van der Waals surface area contributed by atoms with Crippen LogP contribution in [0.2, 0.25) is 0 Å². The van der Waals surface area contributed by atoms with Gasteiger partial charge in [0.05, 0.1) is 0 Å². The fourth-order valence-electron chi connectivity index (χ4n) is 5.48. The number of nitrogens with one attached hydrogen (secondary N) is 1. The average molecular weight is 500 g/mol. The zero-order valence-electron chi connectivity index (χ0n) is 22.2. The van der Waals surface area contributed by atoms with Crippen molar-refractivity contribution in [3.63, 3.8) is 0 Å². The van der Waals surface area contributed by atoms with Crippen LogP contribution in [0.5, 0.6) is 0 Å². The number of fused-ring (bicyclic) bond motifs is 3. The first-order valence-electron chi connectivity index (χ1n) is 12.8. The summed E-state index contributed by atoms with van der Waals surface area (Å²) in [6.07, 6.45) is 2.03. The molecule has 0 unspecified atom stereocenters. The van der Waals surface area contributed by atoms with E-state index in [1.54, 1.807) is 30.3 Å². The molecule has 2 aromatic heterocycles. The molecule has 6 rings (SSSR count). The van der Waals surface area contributed by atoms with E-state index in [9.17, 15) is 9.59 Å². The lowest BCUT2D eigenvalue weighted by atomic mass is 9.82. The van der Waals surface area contributed by atoms with Gasteiger partial charge >= 0.3 is 0 Å². The number of rotatable bonds is 3. The first-order valence-corrected chi connectivity index (χ1v) is 12.8. The highest BCUT2D eigenvalue weighted by atomic mass is 16.1. The van der Waals surface area contributed by atoms with Crippen LogP contribution < -0.4 is 5.32 Å². The van der Waals surface area contributed by atoms with Crippen LogP contribution >= 0.6 is 0 Å². The average Bonchev–Trinajstić information content (AvgIpc) is 3.24. The first-order chi connectivity index (χ1) is 18.1. The van der Waals surface area contributed by atoms with Gasteiger partial charge in [0, 0.05) is 39.6 Å². The summed E-state index contributed by atoms with van der Waals surface area (Å²) >= 11 is 0. The molecule has 1 N–H and O–H groups in total. The number of aromatic nitrogens is 2. The summed E-state index contributed by atoms with van der Waals surface area (Å²) < 4.78 is 2.09. The number of nitrogens with zero attached hydrogens (tertiary/aromatic N) is 2. The minimum atomic E-state index is -0.143. The molecule has 0 spiro atoms. The zero-order chi connectivity index (χ0) is 26.8. The van der Waals surface area contributed by atoms with Gasteiger partial charge in [-0.05, 0) is 93.3 Å². The van der Waals surface area contributed by atoms with Gasteiger partial charge < -0.3 is 5.32 Å². The van der Waals surface area contributed by atoms with E-state index in [1.165, 1.54) is 0 Å². The Bertz CT molecular complexity index is 1760. The number of carbonyl (C=O) groups excluding carboxylic acids is 2. The Morgan fingerprint density at radius 3 is 1.97 bits per heavy atom. The Morgan fingerprint density at radius 2 is 1.32 bits per heavy atom. The van der Waals surface area contributed by atoms with Gasteiger partial charge in [-0.25, -0.2) is 4.98 Å². The molecule has 0 radical (unpaired) electrons. The maximum Gasteiger partial charge on any atom is 0.194 e. The van der Waals surface area contributed by atoms with Crippen molar-refractivity contribution in [2.45, 2.75) is 40.2 Å². The van der Waals surface area contributed by atoms with Gasteiger partial charge in [0.2, 0.25) is 0 Å². The van der Waals surface area contributed by atoms with Gasteiger partial charge in [-0.1, -0.05) is 36.4 Å². The summed E-state index contributed by atoms with van der Waals surface area (Å²) in [7, 11) is 0. The maximum absolute atomic E-state index is 13.3. The Hall–Kier alpha value is -4.51. The lowest BCUT2D eigenvalue weighted by Crippen LogP contribution is -2.27. The Morgan fingerprint density at radius 1 is 0.711 bits per heavy atom. The molecule has 0 saturated heterocycles. The van der Waals surface area contributed by atoms with Gasteiger partial charge in [-0.15, -0.1) is 0 Å². The highest BCUT2D eigenvalue weighted by Gasteiger charge is 2.30. The minimum absolute atomic E-state index is 0.101. The standard InChI is InChI=1S/C33H29N3O2/c1-19-16-22(29-32(35-33(3,4)5)36-15-9-8-12-27(36)34-29)17-20(2)28(19)21-13-14-25-26(18-21)31(38)24-11-7-6-10-23(24)30(25)37/h6-18,35H,1-5H3. The third kappa shape index (κ3) is 3.82. The normalized spacial score (nSPS) is 13.0. The van der Waals surface area contributed by atoms with Gasteiger partial charge in [-0.3, -0.25) is 14.0 Å². The molecule has 188 valence electrons. The largest absolute Gasteiger partial charge is 0.365 e. The fourth-order valence-corrected chi connectivity index (χ4v) is 5.48. The number of carbonyl (C=O) groups is 2. The van der Waals surface area contributed by atoms with E-state index in [4.69, 9.17) is 4.98 Å². The summed E-state index contributed by atoms with van der Waals surface area (Å²) in [6.45, 7) is 10.6. The summed E-state index contributed by atoms with van der Waals surface area (Å²) in [5, 5.41) is 3.64. The van der Waals surface area contributed by atoms with Gasteiger partial charge in [-0.2, -0.15) is 0 Å². The number of benzene rings is 3. The van der Waals surface area contributed by atoms with E-state index in [0.717, 1.165) is 45.0 Å². The summed E-state index contributed by atoms with van der Waals surface area (Å²) in [5.41, 5.74) is 8.67. The molecule has 0 aliphatic heterocycles. The van der Waals surface area contributed by atoms with Crippen LogP contribution in [0.1, 0.15) is 63.7 Å². The van der Waals surface area contributed by atoms with Gasteiger partial charge in [0.25, 0.3) is 0 Å². The second-order valence-electron chi connectivity index (χ2n) is 11.1. The Balaban J connectivity index is 1.46. The zero-order valence-corrected chi connectivity index (χ0v) is 22.2. The molecule has 2 heterocycles. The minimum Gasteiger partial charge on any atom is -0.365 e. The second-order valence-corrected chi connectivity index (χ2v) is 11.1. The molecule has 0 bridgehead atoms. The number of aryl methyl sites for hydroxylation is 2. The number of hydrogen-bond donors (Lipinski definition) is 1. The van der Waals surface area contributed by atoms with E-state index in [2.05, 4.69) is 56.5 Å². The van der Waals surface area contributed by atoms with Crippen molar-refractivity contribution in [1.82, 2.24) is 9.38 Å². The fraction of sp³-hybridized carbons (Fsp3) is 0.182. The molecule has 0 amide bonds. The summed E-state index contributed by atoms with van der Waals surface area (Å²) in [4.78, 5) is 31.4. The summed E-state index contributed by atoms with van der Waals surface area (Å²) in [6, 6.07) is 23.0. The molecule has 5 aromatic rings. The van der Waals surface area contributed by atoms with Crippen molar-refractivity contribution in [3.8, 4) is 22.4 Å². The number of ketones is 2. The van der Waals surface area contributed by atoms with Crippen molar-refractivity contribution in [1.29, 1.82) is 0 Å². The molecule has 0 atom stereocenters. The van der Waals surface area contributed by atoms with Crippen LogP contribution in [0, 0.1) is 13.8 Å². The molecule has 5 nitrogen and oxygen atoms in total. The number of pyridine rings is 1. The predicted octanol–water partition coefficient (Wildman–Crippen LogP) is 7.27. The number of imidazole rings is 1. The Labute approximate surface area is 222 Å². The molecule has 3 aromatic carbocycles. The van der Waals surface area contributed by atoms with E-state index in [0.29, 0.717) is 22.3 Å². The molecule has 1 aliphatic carbocycles. The quantitative estimate of drug-likeness (QED) is 0.278. The van der Waals surface area contributed by atoms with Crippen LogP contribution in [0.4, 0.5) is 5.82 Å². The monoisotopic (exact) mass is 499 g/mol. The topological polar surface area (TPSA) is 63.5 Å². The molecule has 38 heavy (non-hydrogen) atoms. The third-order valence-corrected chi connectivity index (χ3v) is 7.04. The molecule has 0 saturated carbocycles. The van der Waals surface area contributed by atoms with Gasteiger partial charge in [0.1, 0.15) is 17.2 Å². The van der Waals surface area contributed by atoms with Crippen molar-refractivity contribution in [3.05, 3.63) is 112 Å². The smallest absolute Gasteiger partial charge is 0.194 e. The van der Waals surface area contributed by atoms with Gasteiger partial charge in [0.15, 0.2) is 11.6 Å². The van der Waals surface area contributed by atoms with Crippen molar-refractivity contribution < 1.29 is 9.59 Å². The molecule has 1 aliphatic rings. The number of anilines is 1. The van der Waals surface area contributed by atoms with E-state index >= 15 is 0 Å². The lowest BCUT2D eigenvalue weighted by Gasteiger charge is -2.23. The molecule has 5 heteroatoms. The van der Waals surface area contributed by atoms with E-state index in [1.807, 2.05) is 36.5 Å². The van der Waals surface area contributed by atoms with Crippen LogP contribution in [0.25, 0.3) is 28.0 Å². The van der Waals surface area contributed by atoms with Crippen LogP contribution in [-0.2, 0) is 0 Å². The number of hydrogen-bond acceptors (Lipinski definition) is 4. The van der Waals surface area contributed by atoms with Crippen molar-refractivity contribution >= 4 is 23.0 Å². The lowest BCUT2D eigenvalue weighted by molar-refractivity contribution is 0.0979. The SMILES string of the molecule is Cc1cc(-c2nc3ccccn3c2NC(C)(C)C)cc(C)c1-c1ccc2c(c1)C(=O)c1ccccc1C2=O. The van der Waals surface area contributed by atoms with E-state index in [-0.39, 0.29) is 17.1 Å². The summed E-state index contributed by atoms with van der Waals surface area (Å²) in [5.74, 6) is 0.749. The van der Waals surface area contributed by atoms with Crippen LogP contribution in [0.3, 0.4) is 0 Å². The van der Waals surface area contributed by atoms with Crippen LogP contribution in [-0.4, -0.2) is 26.5 Å². The highest BCUT2D eigenvalue weighted by molar-refractivity contribution is 6.28. The first kappa shape index (κ1) is 23.9. The molecular formula is C33H29N3O2. The third-order valence-electron chi connectivity index (χ3n) is 7.04. The second kappa shape index (κ2) is 8.52.